The van der Waals surface area contributed by atoms with Crippen LogP contribution in [0.5, 0.6) is 0 Å². The lowest BCUT2D eigenvalue weighted by Crippen LogP contribution is -2.43. The highest BCUT2D eigenvalue weighted by Crippen LogP contribution is 2.37. The Morgan fingerprint density at radius 1 is 1.18 bits per heavy atom. The topological polar surface area (TPSA) is 15.3 Å². The highest BCUT2D eigenvalue weighted by atomic mass is 15.2. The summed E-state index contributed by atoms with van der Waals surface area (Å²) in [7, 11) is 0. The lowest BCUT2D eigenvalue weighted by molar-refractivity contribution is 0.184. The molecule has 1 N–H and O–H groups in total. The first-order chi connectivity index (χ1) is 8.06. The predicted molar refractivity (Wildman–Crippen MR) is 76.4 cm³/mol. The molecule has 1 unspecified atom stereocenters. The van der Waals surface area contributed by atoms with Gasteiger partial charge in [-0.25, -0.2) is 0 Å². The molecule has 1 atom stereocenters. The molecule has 1 aliphatic rings. The summed E-state index contributed by atoms with van der Waals surface area (Å²) in [6.07, 6.45) is 5.35. The molecule has 0 aromatic rings. The van der Waals surface area contributed by atoms with Gasteiger partial charge in [0.15, 0.2) is 0 Å². The maximum atomic E-state index is 3.60. The summed E-state index contributed by atoms with van der Waals surface area (Å²) in [5, 5.41) is 3.60. The standard InChI is InChI=1S/C15H32N2/c1-6-14(11-16-13(4)5)17-10-9-15(7-2,8-3)12-17/h13-14,16H,6-12H2,1-5H3. The smallest absolute Gasteiger partial charge is 0.0218 e. The number of hydrogen-bond acceptors (Lipinski definition) is 2. The molecule has 1 fully saturated rings. The van der Waals surface area contributed by atoms with Gasteiger partial charge in [-0.1, -0.05) is 34.6 Å². The van der Waals surface area contributed by atoms with Gasteiger partial charge in [0.2, 0.25) is 0 Å². The Labute approximate surface area is 108 Å². The van der Waals surface area contributed by atoms with Crippen molar-refractivity contribution in [2.45, 2.75) is 72.4 Å². The third-order valence-corrected chi connectivity index (χ3v) is 4.72. The van der Waals surface area contributed by atoms with Crippen LogP contribution in [0.4, 0.5) is 0 Å². The van der Waals surface area contributed by atoms with Gasteiger partial charge >= 0.3 is 0 Å². The normalized spacial score (nSPS) is 22.2. The number of rotatable bonds is 7. The molecule has 0 aromatic heterocycles. The van der Waals surface area contributed by atoms with Gasteiger partial charge in [0.1, 0.15) is 0 Å². The fraction of sp³-hybridized carbons (Fsp3) is 1.00. The summed E-state index contributed by atoms with van der Waals surface area (Å²) >= 11 is 0. The van der Waals surface area contributed by atoms with E-state index in [-0.39, 0.29) is 0 Å². The van der Waals surface area contributed by atoms with Crippen LogP contribution < -0.4 is 5.32 Å². The first kappa shape index (κ1) is 15.0. The molecule has 0 aliphatic carbocycles. The average molecular weight is 240 g/mol. The van der Waals surface area contributed by atoms with E-state index in [0.29, 0.717) is 11.5 Å². The van der Waals surface area contributed by atoms with Gasteiger partial charge in [-0.3, -0.25) is 4.90 Å². The summed E-state index contributed by atoms with van der Waals surface area (Å²) in [4.78, 5) is 2.72. The second-order valence-corrected chi connectivity index (χ2v) is 6.05. The van der Waals surface area contributed by atoms with Crippen molar-refractivity contribution in [2.75, 3.05) is 19.6 Å². The monoisotopic (exact) mass is 240 g/mol. The van der Waals surface area contributed by atoms with E-state index in [1.54, 1.807) is 0 Å². The SMILES string of the molecule is CCC(CNC(C)C)N1CCC(CC)(CC)C1. The summed E-state index contributed by atoms with van der Waals surface area (Å²) in [6, 6.07) is 1.34. The molecule has 2 nitrogen and oxygen atoms in total. The van der Waals surface area contributed by atoms with E-state index in [4.69, 9.17) is 0 Å². The van der Waals surface area contributed by atoms with Crippen molar-refractivity contribution in [1.82, 2.24) is 10.2 Å². The minimum Gasteiger partial charge on any atom is -0.313 e. The van der Waals surface area contributed by atoms with Crippen LogP contribution >= 0.6 is 0 Å². The van der Waals surface area contributed by atoms with Crippen molar-refractivity contribution in [3.8, 4) is 0 Å². The van der Waals surface area contributed by atoms with E-state index in [9.17, 15) is 0 Å². The summed E-state index contributed by atoms with van der Waals surface area (Å²) in [5.74, 6) is 0. The molecule has 1 aliphatic heterocycles. The molecule has 0 radical (unpaired) electrons. The van der Waals surface area contributed by atoms with E-state index < -0.39 is 0 Å². The molecule has 0 spiro atoms. The highest BCUT2D eigenvalue weighted by molar-refractivity contribution is 4.91. The Balaban J connectivity index is 2.49. The quantitative estimate of drug-likeness (QED) is 0.735. The van der Waals surface area contributed by atoms with Crippen molar-refractivity contribution >= 4 is 0 Å². The molecule has 17 heavy (non-hydrogen) atoms. The Hall–Kier alpha value is -0.0800. The molecule has 1 rings (SSSR count). The van der Waals surface area contributed by atoms with Crippen LogP contribution in [0, 0.1) is 5.41 Å². The van der Waals surface area contributed by atoms with Crippen molar-refractivity contribution in [2.24, 2.45) is 5.41 Å². The first-order valence-electron chi connectivity index (χ1n) is 7.54. The zero-order valence-corrected chi connectivity index (χ0v) is 12.6. The Morgan fingerprint density at radius 3 is 2.24 bits per heavy atom. The Kier molecular flexibility index (Phi) is 5.94. The molecule has 1 heterocycles. The van der Waals surface area contributed by atoms with E-state index in [0.717, 1.165) is 12.6 Å². The van der Waals surface area contributed by atoms with Crippen LogP contribution in [-0.4, -0.2) is 36.6 Å². The van der Waals surface area contributed by atoms with Gasteiger partial charge in [0.25, 0.3) is 0 Å². The van der Waals surface area contributed by atoms with Crippen molar-refractivity contribution in [1.29, 1.82) is 0 Å². The van der Waals surface area contributed by atoms with Crippen LogP contribution in [0.1, 0.15) is 60.3 Å². The van der Waals surface area contributed by atoms with Crippen LogP contribution in [0.15, 0.2) is 0 Å². The number of likely N-dealkylation sites (tertiary alicyclic amines) is 1. The number of nitrogens with one attached hydrogen (secondary N) is 1. The number of nitrogens with zero attached hydrogens (tertiary/aromatic N) is 1. The maximum absolute atomic E-state index is 3.60. The van der Waals surface area contributed by atoms with Gasteiger partial charge < -0.3 is 5.32 Å². The van der Waals surface area contributed by atoms with Gasteiger partial charge in [-0.05, 0) is 37.6 Å². The minimum atomic E-state index is 0.605. The molecule has 0 saturated carbocycles. The zero-order chi connectivity index (χ0) is 12.9. The molecule has 102 valence electrons. The van der Waals surface area contributed by atoms with Gasteiger partial charge in [-0.15, -0.1) is 0 Å². The summed E-state index contributed by atoms with van der Waals surface area (Å²) in [5.41, 5.74) is 0.616. The van der Waals surface area contributed by atoms with E-state index >= 15 is 0 Å². The van der Waals surface area contributed by atoms with E-state index in [1.807, 2.05) is 0 Å². The molecule has 0 bridgehead atoms. The maximum Gasteiger partial charge on any atom is 0.0218 e. The second-order valence-electron chi connectivity index (χ2n) is 6.05. The van der Waals surface area contributed by atoms with Crippen LogP contribution in [-0.2, 0) is 0 Å². The average Bonchev–Trinajstić information content (AvgIpc) is 2.75. The van der Waals surface area contributed by atoms with Crippen molar-refractivity contribution in [3.63, 3.8) is 0 Å². The lowest BCUT2D eigenvalue weighted by atomic mass is 9.82. The van der Waals surface area contributed by atoms with Gasteiger partial charge in [0.05, 0.1) is 0 Å². The fourth-order valence-corrected chi connectivity index (χ4v) is 3.01. The molecular weight excluding hydrogens is 208 g/mol. The van der Waals surface area contributed by atoms with E-state index in [1.165, 1.54) is 38.8 Å². The highest BCUT2D eigenvalue weighted by Gasteiger charge is 2.37. The fourth-order valence-electron chi connectivity index (χ4n) is 3.01. The molecule has 0 aromatic carbocycles. The summed E-state index contributed by atoms with van der Waals surface area (Å²) < 4.78 is 0. The first-order valence-corrected chi connectivity index (χ1v) is 7.54. The molecule has 0 amide bonds. The van der Waals surface area contributed by atoms with Gasteiger partial charge in [0, 0.05) is 25.2 Å². The second kappa shape index (κ2) is 6.75. The van der Waals surface area contributed by atoms with Crippen molar-refractivity contribution < 1.29 is 0 Å². The van der Waals surface area contributed by atoms with Crippen LogP contribution in [0.3, 0.4) is 0 Å². The Bertz CT molecular complexity index is 209. The molecule has 1 saturated heterocycles. The zero-order valence-electron chi connectivity index (χ0n) is 12.6. The van der Waals surface area contributed by atoms with Crippen molar-refractivity contribution in [3.05, 3.63) is 0 Å². The third kappa shape index (κ3) is 3.96. The van der Waals surface area contributed by atoms with Gasteiger partial charge in [-0.2, -0.15) is 0 Å². The molecule has 2 heteroatoms. The minimum absolute atomic E-state index is 0.605. The molecular formula is C15H32N2. The van der Waals surface area contributed by atoms with Crippen LogP contribution in [0.2, 0.25) is 0 Å². The van der Waals surface area contributed by atoms with Crippen LogP contribution in [0.25, 0.3) is 0 Å². The van der Waals surface area contributed by atoms with E-state index in [2.05, 4.69) is 44.8 Å². The third-order valence-electron chi connectivity index (χ3n) is 4.72. The largest absolute Gasteiger partial charge is 0.313 e. The lowest BCUT2D eigenvalue weighted by Gasteiger charge is -2.31. The Morgan fingerprint density at radius 2 is 1.82 bits per heavy atom. The number of hydrogen-bond donors (Lipinski definition) is 1. The predicted octanol–water partition coefficient (Wildman–Crippen LogP) is 3.28. The summed E-state index contributed by atoms with van der Waals surface area (Å²) in [6.45, 7) is 15.3.